The number of nitrogens with zero attached hydrogens (tertiary/aromatic N) is 4. The molecule has 4 heterocycles. The van der Waals surface area contributed by atoms with Gasteiger partial charge in [0.1, 0.15) is 24.7 Å². The number of aliphatic imine (C=N–C) groups is 1. The molecule has 186 valence electrons. The number of hydrogen-bond acceptors (Lipinski definition) is 8. The van der Waals surface area contributed by atoms with Crippen molar-refractivity contribution in [2.45, 2.75) is 38.0 Å². The standard InChI is InChI=1S/C25H30FN5O4/c1-29-19(16-31-22(33)5-3-20(25(29)31)27-8-11-32)15-30-9-6-18(7-10-30)28-14-17-2-4-21-24(23(17)26)35-13-12-34-21/h2-5,8,11,18-19,28H,6-7,9-10,12-16H2,1H3. The number of likely N-dealkylation sites (N-methyl/N-ethyl adjacent to an activating group) is 1. The number of pyridine rings is 1. The average Bonchev–Trinajstić information content (AvgIpc) is 3.21. The van der Waals surface area contributed by atoms with Gasteiger partial charge in [-0.15, -0.1) is 0 Å². The third kappa shape index (κ3) is 4.81. The number of halogens is 1. The average molecular weight is 484 g/mol. The van der Waals surface area contributed by atoms with Gasteiger partial charge in [0.25, 0.3) is 5.56 Å². The molecule has 35 heavy (non-hydrogen) atoms. The van der Waals surface area contributed by atoms with Crippen molar-refractivity contribution in [1.82, 2.24) is 14.8 Å². The van der Waals surface area contributed by atoms with Gasteiger partial charge in [0, 0.05) is 44.4 Å². The molecule has 1 saturated heterocycles. The summed E-state index contributed by atoms with van der Waals surface area (Å²) >= 11 is 0. The first kappa shape index (κ1) is 23.5. The van der Waals surface area contributed by atoms with Crippen molar-refractivity contribution >= 4 is 24.0 Å². The third-order valence-electron chi connectivity index (χ3n) is 7.05. The van der Waals surface area contributed by atoms with E-state index in [4.69, 9.17) is 9.47 Å². The minimum atomic E-state index is -0.344. The number of carbonyl (C=O) groups excluding carboxylic acids is 1. The van der Waals surface area contributed by atoms with Gasteiger partial charge in [-0.1, -0.05) is 6.07 Å². The summed E-state index contributed by atoms with van der Waals surface area (Å²) in [4.78, 5) is 31.8. The van der Waals surface area contributed by atoms with Gasteiger partial charge < -0.3 is 24.6 Å². The zero-order valence-electron chi connectivity index (χ0n) is 19.8. The molecule has 1 aromatic heterocycles. The Morgan fingerprint density at radius 2 is 1.97 bits per heavy atom. The van der Waals surface area contributed by atoms with Crippen molar-refractivity contribution < 1.29 is 18.7 Å². The highest BCUT2D eigenvalue weighted by molar-refractivity contribution is 6.13. The van der Waals surface area contributed by atoms with Crippen molar-refractivity contribution in [3.63, 3.8) is 0 Å². The van der Waals surface area contributed by atoms with Crippen LogP contribution < -0.4 is 25.2 Å². The number of carbonyl (C=O) groups is 1. The van der Waals surface area contributed by atoms with Crippen molar-refractivity contribution in [1.29, 1.82) is 0 Å². The summed E-state index contributed by atoms with van der Waals surface area (Å²) < 4.78 is 27.4. The third-order valence-corrected chi connectivity index (χ3v) is 7.05. The molecule has 0 radical (unpaired) electrons. The highest BCUT2D eigenvalue weighted by Crippen LogP contribution is 2.35. The monoisotopic (exact) mass is 483 g/mol. The van der Waals surface area contributed by atoms with Crippen LogP contribution >= 0.6 is 0 Å². The number of piperidine rings is 1. The zero-order chi connectivity index (χ0) is 24.4. The molecule has 1 aromatic carbocycles. The SMILES string of the molecule is CN1c2c(N=CC=O)ccc(=O)n2CC1CN1CCC(NCc2ccc3c(c2F)OCCO3)CC1. The lowest BCUT2D eigenvalue weighted by molar-refractivity contribution is -0.102. The predicted octanol–water partition coefficient (Wildman–Crippen LogP) is 1.73. The number of hydrogen-bond donors (Lipinski definition) is 1. The van der Waals surface area contributed by atoms with Gasteiger partial charge in [-0.3, -0.25) is 14.2 Å². The van der Waals surface area contributed by atoms with Gasteiger partial charge in [-0.2, -0.15) is 0 Å². The number of nitrogens with one attached hydrogen (secondary N) is 1. The summed E-state index contributed by atoms with van der Waals surface area (Å²) in [6, 6.07) is 7.14. The molecule has 1 N–H and O–H groups in total. The fourth-order valence-electron chi connectivity index (χ4n) is 5.13. The molecular weight excluding hydrogens is 453 g/mol. The molecule has 1 fully saturated rings. The van der Waals surface area contributed by atoms with Gasteiger partial charge in [-0.25, -0.2) is 9.38 Å². The molecule has 0 aliphatic carbocycles. The Balaban J connectivity index is 1.15. The smallest absolute Gasteiger partial charge is 0.252 e. The lowest BCUT2D eigenvalue weighted by Gasteiger charge is -2.35. The van der Waals surface area contributed by atoms with Gasteiger partial charge in [0.05, 0.1) is 12.3 Å². The van der Waals surface area contributed by atoms with Crippen LogP contribution in [0.3, 0.4) is 0 Å². The van der Waals surface area contributed by atoms with Gasteiger partial charge in [-0.05, 0) is 38.1 Å². The maximum Gasteiger partial charge on any atom is 0.252 e. The summed E-state index contributed by atoms with van der Waals surface area (Å²) in [6.45, 7) is 4.52. The topological polar surface area (TPSA) is 88.4 Å². The summed E-state index contributed by atoms with van der Waals surface area (Å²) in [7, 11) is 1.97. The number of benzene rings is 1. The number of aldehydes is 1. The van der Waals surface area contributed by atoms with E-state index >= 15 is 0 Å². The minimum absolute atomic E-state index is 0.0614. The molecule has 2 aromatic rings. The first-order valence-electron chi connectivity index (χ1n) is 12.0. The zero-order valence-corrected chi connectivity index (χ0v) is 19.8. The van der Waals surface area contributed by atoms with Crippen LogP contribution in [0.15, 0.2) is 34.1 Å². The van der Waals surface area contributed by atoms with Crippen LogP contribution in [0, 0.1) is 5.82 Å². The Morgan fingerprint density at radius 1 is 1.17 bits per heavy atom. The van der Waals surface area contributed by atoms with Crippen LogP contribution in [-0.2, 0) is 17.9 Å². The normalized spacial score (nSPS) is 20.4. The van der Waals surface area contributed by atoms with Gasteiger partial charge in [0.15, 0.2) is 23.6 Å². The van der Waals surface area contributed by atoms with Crippen molar-refractivity contribution in [2.24, 2.45) is 4.99 Å². The second-order valence-corrected chi connectivity index (χ2v) is 9.19. The van der Waals surface area contributed by atoms with E-state index in [2.05, 4.69) is 20.1 Å². The van der Waals surface area contributed by atoms with Crippen LogP contribution in [0.4, 0.5) is 15.9 Å². The quantitative estimate of drug-likeness (QED) is 0.474. The maximum absolute atomic E-state index is 14.8. The van der Waals surface area contributed by atoms with Crippen molar-refractivity contribution in [3.05, 3.63) is 46.0 Å². The molecule has 0 spiro atoms. The first-order chi connectivity index (χ1) is 17.0. The predicted molar refractivity (Wildman–Crippen MR) is 131 cm³/mol. The number of rotatable bonds is 7. The Bertz CT molecular complexity index is 1180. The molecular formula is C25H30FN5O4. The van der Waals surface area contributed by atoms with E-state index in [1.807, 2.05) is 7.05 Å². The summed E-state index contributed by atoms with van der Waals surface area (Å²) in [5.41, 5.74) is 1.14. The molecule has 3 aliphatic heterocycles. The first-order valence-corrected chi connectivity index (χ1v) is 12.0. The van der Waals surface area contributed by atoms with Crippen LogP contribution in [0.2, 0.25) is 0 Å². The lowest BCUT2D eigenvalue weighted by atomic mass is 10.0. The molecule has 0 amide bonds. The molecule has 0 bridgehead atoms. The lowest BCUT2D eigenvalue weighted by Crippen LogP contribution is -2.47. The minimum Gasteiger partial charge on any atom is -0.486 e. The Morgan fingerprint density at radius 3 is 2.77 bits per heavy atom. The molecule has 1 atom stereocenters. The summed E-state index contributed by atoms with van der Waals surface area (Å²) in [6.07, 6.45) is 3.76. The van der Waals surface area contributed by atoms with Gasteiger partial charge >= 0.3 is 0 Å². The van der Waals surface area contributed by atoms with Crippen molar-refractivity contribution in [2.75, 3.05) is 44.8 Å². The van der Waals surface area contributed by atoms with Gasteiger partial charge in [0.2, 0.25) is 0 Å². The van der Waals surface area contributed by atoms with Crippen LogP contribution in [0.25, 0.3) is 0 Å². The Labute approximate surface area is 203 Å². The fourth-order valence-corrected chi connectivity index (χ4v) is 5.13. The highest BCUT2D eigenvalue weighted by atomic mass is 19.1. The highest BCUT2D eigenvalue weighted by Gasteiger charge is 2.32. The molecule has 5 rings (SSSR count). The van der Waals surface area contributed by atoms with E-state index in [9.17, 15) is 14.0 Å². The van der Waals surface area contributed by atoms with E-state index < -0.39 is 0 Å². The molecule has 9 nitrogen and oxygen atoms in total. The summed E-state index contributed by atoms with van der Waals surface area (Å²) in [5.74, 6) is 1.09. The van der Waals surface area contributed by atoms with Crippen LogP contribution in [-0.4, -0.2) is 73.9 Å². The Hall–Kier alpha value is -3.24. The second kappa shape index (κ2) is 10.2. The second-order valence-electron chi connectivity index (χ2n) is 9.19. The number of aromatic nitrogens is 1. The Kier molecular flexibility index (Phi) is 6.83. The van der Waals surface area contributed by atoms with E-state index in [1.54, 1.807) is 22.8 Å². The number of likely N-dealkylation sites (tertiary alicyclic amines) is 1. The number of anilines is 1. The number of fused-ring (bicyclic) bond motifs is 2. The fraction of sp³-hybridized carbons (Fsp3) is 0.480. The van der Waals surface area contributed by atoms with E-state index in [-0.39, 0.29) is 23.2 Å². The molecule has 1 unspecified atom stereocenters. The van der Waals surface area contributed by atoms with Crippen LogP contribution in [0.1, 0.15) is 18.4 Å². The maximum atomic E-state index is 14.8. The van der Waals surface area contributed by atoms with E-state index in [0.29, 0.717) is 55.6 Å². The van der Waals surface area contributed by atoms with Crippen LogP contribution in [0.5, 0.6) is 11.5 Å². The molecule has 10 heteroatoms. The molecule has 0 saturated carbocycles. The van der Waals surface area contributed by atoms with E-state index in [1.165, 1.54) is 12.3 Å². The number of ether oxygens (including phenoxy) is 2. The van der Waals surface area contributed by atoms with E-state index in [0.717, 1.165) is 38.3 Å². The molecule has 3 aliphatic rings. The largest absolute Gasteiger partial charge is 0.486 e. The van der Waals surface area contributed by atoms with Crippen molar-refractivity contribution in [3.8, 4) is 11.5 Å². The summed E-state index contributed by atoms with van der Waals surface area (Å²) in [5, 5.41) is 3.49.